The van der Waals surface area contributed by atoms with Crippen LogP contribution in [0.3, 0.4) is 0 Å². The highest BCUT2D eigenvalue weighted by Crippen LogP contribution is 2.23. The molecule has 0 amide bonds. The second kappa shape index (κ2) is 8.68. The highest BCUT2D eigenvalue weighted by molar-refractivity contribution is 5.81. The van der Waals surface area contributed by atoms with Gasteiger partial charge in [0.15, 0.2) is 5.82 Å². The molecule has 0 radical (unpaired) electrons. The van der Waals surface area contributed by atoms with Crippen LogP contribution in [0.4, 0.5) is 0 Å². The number of nitrogens with zero attached hydrogens (tertiary/aromatic N) is 6. The molecule has 0 aliphatic carbocycles. The molecule has 4 heterocycles. The SMILES string of the molecule is Cc1ccc2c(c1)c(=O)n(C)c1nnc(CN3CCC(CCN4CCOCC4)CC3)n21. The van der Waals surface area contributed by atoms with Crippen LogP contribution in [-0.4, -0.2) is 74.9 Å². The summed E-state index contributed by atoms with van der Waals surface area (Å²) in [6.45, 7) is 10.1. The molecule has 3 aromatic rings. The predicted molar refractivity (Wildman–Crippen MR) is 120 cm³/mol. The van der Waals surface area contributed by atoms with E-state index in [0.29, 0.717) is 5.78 Å². The zero-order valence-corrected chi connectivity index (χ0v) is 18.6. The zero-order chi connectivity index (χ0) is 21.4. The van der Waals surface area contributed by atoms with Crippen LogP contribution < -0.4 is 5.56 Å². The van der Waals surface area contributed by atoms with E-state index in [1.165, 1.54) is 25.8 Å². The van der Waals surface area contributed by atoms with E-state index >= 15 is 0 Å². The Hall–Kier alpha value is -2.29. The lowest BCUT2D eigenvalue weighted by atomic mass is 9.93. The minimum absolute atomic E-state index is 0.0220. The third-order valence-corrected chi connectivity index (χ3v) is 6.97. The van der Waals surface area contributed by atoms with Gasteiger partial charge in [0.1, 0.15) is 0 Å². The Labute approximate surface area is 182 Å². The fourth-order valence-electron chi connectivity index (χ4n) is 4.98. The van der Waals surface area contributed by atoms with Gasteiger partial charge in [0.25, 0.3) is 5.56 Å². The van der Waals surface area contributed by atoms with E-state index in [2.05, 4.69) is 24.4 Å². The van der Waals surface area contributed by atoms with Crippen molar-refractivity contribution in [2.45, 2.75) is 32.7 Å². The van der Waals surface area contributed by atoms with Crippen LogP contribution >= 0.6 is 0 Å². The van der Waals surface area contributed by atoms with Gasteiger partial charge in [-0.2, -0.15) is 0 Å². The van der Waals surface area contributed by atoms with Crippen molar-refractivity contribution in [3.8, 4) is 0 Å². The summed E-state index contributed by atoms with van der Waals surface area (Å²) < 4.78 is 9.12. The Morgan fingerprint density at radius 3 is 2.61 bits per heavy atom. The number of piperidine rings is 1. The minimum Gasteiger partial charge on any atom is -0.379 e. The highest BCUT2D eigenvalue weighted by atomic mass is 16.5. The molecule has 0 atom stereocenters. The van der Waals surface area contributed by atoms with E-state index in [4.69, 9.17) is 4.74 Å². The van der Waals surface area contributed by atoms with Crippen LogP contribution in [0.15, 0.2) is 23.0 Å². The first-order valence-electron chi connectivity index (χ1n) is 11.5. The Balaban J connectivity index is 1.28. The summed E-state index contributed by atoms with van der Waals surface area (Å²) in [5.41, 5.74) is 1.95. The number of aryl methyl sites for hydroxylation is 2. The first-order valence-corrected chi connectivity index (χ1v) is 11.5. The summed E-state index contributed by atoms with van der Waals surface area (Å²) in [6, 6.07) is 6.02. The van der Waals surface area contributed by atoms with Crippen molar-refractivity contribution in [1.29, 1.82) is 0 Å². The van der Waals surface area contributed by atoms with Gasteiger partial charge in [-0.1, -0.05) is 11.6 Å². The molecule has 1 aromatic carbocycles. The van der Waals surface area contributed by atoms with Gasteiger partial charge in [-0.05, 0) is 63.9 Å². The molecule has 2 aliphatic rings. The molecular formula is C23H32N6O2. The molecule has 2 saturated heterocycles. The molecule has 0 unspecified atom stereocenters. The smallest absolute Gasteiger partial charge is 0.262 e. The van der Waals surface area contributed by atoms with Crippen molar-refractivity contribution < 1.29 is 4.74 Å². The topological polar surface area (TPSA) is 67.9 Å². The highest BCUT2D eigenvalue weighted by Gasteiger charge is 2.23. The largest absolute Gasteiger partial charge is 0.379 e. The average Bonchev–Trinajstić information content (AvgIpc) is 3.21. The number of likely N-dealkylation sites (tertiary alicyclic amines) is 1. The molecule has 0 bridgehead atoms. The molecule has 2 aliphatic heterocycles. The summed E-state index contributed by atoms with van der Waals surface area (Å²) >= 11 is 0. The second-order valence-electron chi connectivity index (χ2n) is 9.10. The monoisotopic (exact) mass is 424 g/mol. The maximum atomic E-state index is 12.8. The van der Waals surface area contributed by atoms with Crippen LogP contribution in [0.25, 0.3) is 16.7 Å². The number of morpholine rings is 1. The first kappa shape index (κ1) is 20.6. The van der Waals surface area contributed by atoms with Crippen molar-refractivity contribution in [2.75, 3.05) is 45.9 Å². The molecule has 8 nitrogen and oxygen atoms in total. The van der Waals surface area contributed by atoms with Crippen molar-refractivity contribution in [2.24, 2.45) is 13.0 Å². The Kier molecular flexibility index (Phi) is 5.77. The number of fused-ring (bicyclic) bond motifs is 3. The van der Waals surface area contributed by atoms with Crippen LogP contribution in [-0.2, 0) is 18.3 Å². The number of ether oxygens (including phenoxy) is 1. The molecule has 0 spiro atoms. The van der Waals surface area contributed by atoms with Gasteiger partial charge in [-0.15, -0.1) is 10.2 Å². The van der Waals surface area contributed by atoms with E-state index in [1.807, 2.05) is 25.1 Å². The van der Waals surface area contributed by atoms with E-state index in [0.717, 1.165) is 74.1 Å². The van der Waals surface area contributed by atoms with Crippen LogP contribution in [0.1, 0.15) is 30.7 Å². The summed E-state index contributed by atoms with van der Waals surface area (Å²) in [7, 11) is 1.78. The molecule has 31 heavy (non-hydrogen) atoms. The van der Waals surface area contributed by atoms with Crippen LogP contribution in [0, 0.1) is 12.8 Å². The van der Waals surface area contributed by atoms with Crippen LogP contribution in [0.2, 0.25) is 0 Å². The molecule has 8 heteroatoms. The van der Waals surface area contributed by atoms with Gasteiger partial charge in [0.05, 0.1) is 30.7 Å². The maximum Gasteiger partial charge on any atom is 0.262 e. The molecule has 2 fully saturated rings. The van der Waals surface area contributed by atoms with Gasteiger partial charge in [0, 0.05) is 20.1 Å². The molecule has 2 aromatic heterocycles. The third kappa shape index (κ3) is 4.12. The molecule has 0 saturated carbocycles. The number of aromatic nitrogens is 4. The molecule has 5 rings (SSSR count). The summed E-state index contributed by atoms with van der Waals surface area (Å²) in [5, 5.41) is 9.54. The van der Waals surface area contributed by atoms with Crippen molar-refractivity contribution in [3.63, 3.8) is 0 Å². The van der Waals surface area contributed by atoms with Crippen molar-refractivity contribution in [3.05, 3.63) is 39.9 Å². The van der Waals surface area contributed by atoms with Gasteiger partial charge in [-0.25, -0.2) is 0 Å². The summed E-state index contributed by atoms with van der Waals surface area (Å²) in [5.74, 6) is 2.32. The lowest BCUT2D eigenvalue weighted by molar-refractivity contribution is 0.0334. The normalized spacial score (nSPS) is 19.5. The number of rotatable bonds is 5. The van der Waals surface area contributed by atoms with Crippen LogP contribution in [0.5, 0.6) is 0 Å². The van der Waals surface area contributed by atoms with E-state index in [-0.39, 0.29) is 5.56 Å². The maximum absolute atomic E-state index is 12.8. The standard InChI is InChI=1S/C23H32N6O2/c1-17-3-4-20-19(15-17)22(30)26(2)23-25-24-21(29(20)23)16-28-9-6-18(7-10-28)5-8-27-11-13-31-14-12-27/h3-4,15,18H,5-14,16H2,1-2H3. The van der Waals surface area contributed by atoms with E-state index in [1.54, 1.807) is 11.6 Å². The first-order chi connectivity index (χ1) is 15.1. The summed E-state index contributed by atoms with van der Waals surface area (Å²) in [6.07, 6.45) is 3.76. The van der Waals surface area contributed by atoms with Gasteiger partial charge < -0.3 is 4.74 Å². The van der Waals surface area contributed by atoms with Gasteiger partial charge in [-0.3, -0.25) is 23.6 Å². The van der Waals surface area contributed by atoms with Crippen molar-refractivity contribution in [1.82, 2.24) is 29.0 Å². The predicted octanol–water partition coefficient (Wildman–Crippen LogP) is 1.82. The Bertz CT molecular complexity index is 1120. The molecule has 166 valence electrons. The second-order valence-corrected chi connectivity index (χ2v) is 9.10. The van der Waals surface area contributed by atoms with E-state index < -0.39 is 0 Å². The van der Waals surface area contributed by atoms with Crippen molar-refractivity contribution >= 4 is 16.7 Å². The average molecular weight is 425 g/mol. The molecular weight excluding hydrogens is 392 g/mol. The fraction of sp³-hybridized carbons (Fsp3) is 0.609. The summed E-state index contributed by atoms with van der Waals surface area (Å²) in [4.78, 5) is 17.8. The third-order valence-electron chi connectivity index (χ3n) is 6.97. The number of hydrogen-bond donors (Lipinski definition) is 0. The number of hydrogen-bond acceptors (Lipinski definition) is 6. The van der Waals surface area contributed by atoms with Gasteiger partial charge >= 0.3 is 0 Å². The fourth-order valence-corrected chi connectivity index (χ4v) is 4.98. The minimum atomic E-state index is -0.0220. The molecule has 0 N–H and O–H groups in total. The quantitative estimate of drug-likeness (QED) is 0.623. The Morgan fingerprint density at radius 1 is 1.06 bits per heavy atom. The zero-order valence-electron chi connectivity index (χ0n) is 18.6. The lowest BCUT2D eigenvalue weighted by Crippen LogP contribution is -2.39. The number of benzene rings is 1. The van der Waals surface area contributed by atoms with Gasteiger partial charge in [0.2, 0.25) is 5.78 Å². The Morgan fingerprint density at radius 2 is 1.84 bits per heavy atom. The lowest BCUT2D eigenvalue weighted by Gasteiger charge is -2.33. The van der Waals surface area contributed by atoms with E-state index in [9.17, 15) is 4.79 Å².